The second kappa shape index (κ2) is 6.80. The minimum absolute atomic E-state index is 0.00978. The summed E-state index contributed by atoms with van der Waals surface area (Å²) in [5.41, 5.74) is 2.60. The molecule has 1 atom stereocenters. The van der Waals surface area contributed by atoms with Crippen LogP contribution in [0.4, 0.5) is 0 Å². The van der Waals surface area contributed by atoms with Crippen LogP contribution in [-0.2, 0) is 0 Å². The minimum Gasteiger partial charge on any atom is -0.387 e. The van der Waals surface area contributed by atoms with Crippen molar-refractivity contribution < 1.29 is 5.11 Å². The first kappa shape index (κ1) is 17.4. The van der Waals surface area contributed by atoms with Crippen LogP contribution in [0.2, 0.25) is 0 Å². The van der Waals surface area contributed by atoms with Gasteiger partial charge in [0.1, 0.15) is 0 Å². The fourth-order valence-electron chi connectivity index (χ4n) is 4.53. The number of aliphatic hydroxyl groups excluding tert-OH is 1. The van der Waals surface area contributed by atoms with Crippen molar-refractivity contribution in [1.82, 2.24) is 0 Å². The standard InChI is InChI=1S/C21H34OS/c1-21(2,23(3)15-7-8-16-23)20(22)19-13-11-18(12-14-19)17-9-5-4-6-10-17/h11-14,17,20,22H,4-10,15-16H2,1-3H3. The van der Waals surface area contributed by atoms with Crippen LogP contribution in [0.15, 0.2) is 24.3 Å². The van der Waals surface area contributed by atoms with Crippen molar-refractivity contribution in [1.29, 1.82) is 0 Å². The molecular weight excluding hydrogens is 300 g/mol. The molecule has 1 N–H and O–H groups in total. The number of hydrogen-bond donors (Lipinski definition) is 1. The summed E-state index contributed by atoms with van der Waals surface area (Å²) in [7, 11) is -0.710. The molecule has 1 aliphatic carbocycles. The summed E-state index contributed by atoms with van der Waals surface area (Å²) in [4.78, 5) is 0. The molecular formula is C21H34OS. The molecule has 1 aromatic carbocycles. The lowest BCUT2D eigenvalue weighted by atomic mass is 9.83. The Hall–Kier alpha value is -0.470. The van der Waals surface area contributed by atoms with Crippen LogP contribution in [0.25, 0.3) is 0 Å². The monoisotopic (exact) mass is 334 g/mol. The molecule has 0 amide bonds. The molecule has 2 fully saturated rings. The first-order chi connectivity index (χ1) is 10.9. The van der Waals surface area contributed by atoms with Gasteiger partial charge in [0.25, 0.3) is 0 Å². The quantitative estimate of drug-likeness (QED) is 0.740. The fourth-order valence-corrected chi connectivity index (χ4v) is 8.14. The zero-order valence-corrected chi connectivity index (χ0v) is 16.0. The van der Waals surface area contributed by atoms with Crippen molar-refractivity contribution in [2.75, 3.05) is 17.8 Å². The Balaban J connectivity index is 1.75. The van der Waals surface area contributed by atoms with E-state index in [0.717, 1.165) is 11.5 Å². The number of aliphatic hydroxyl groups is 1. The number of rotatable bonds is 4. The molecule has 0 spiro atoms. The molecule has 1 saturated heterocycles. The average molecular weight is 335 g/mol. The van der Waals surface area contributed by atoms with Crippen molar-refractivity contribution in [3.8, 4) is 0 Å². The van der Waals surface area contributed by atoms with Crippen LogP contribution >= 0.6 is 10.0 Å². The second-order valence-corrected chi connectivity index (χ2v) is 12.8. The number of hydrogen-bond acceptors (Lipinski definition) is 1. The molecule has 0 aromatic heterocycles. The third-order valence-corrected chi connectivity index (χ3v) is 11.8. The van der Waals surface area contributed by atoms with E-state index < -0.39 is 10.0 Å². The maximum Gasteiger partial charge on any atom is 0.0916 e. The van der Waals surface area contributed by atoms with E-state index in [1.54, 1.807) is 0 Å². The van der Waals surface area contributed by atoms with Gasteiger partial charge < -0.3 is 5.11 Å². The Morgan fingerprint density at radius 3 is 2.09 bits per heavy atom. The molecule has 130 valence electrons. The van der Waals surface area contributed by atoms with Crippen molar-refractivity contribution in [3.63, 3.8) is 0 Å². The van der Waals surface area contributed by atoms with Gasteiger partial charge in [-0.15, -0.1) is 0 Å². The van der Waals surface area contributed by atoms with Gasteiger partial charge >= 0.3 is 0 Å². The maximum absolute atomic E-state index is 11.1. The van der Waals surface area contributed by atoms with E-state index in [-0.39, 0.29) is 10.9 Å². The zero-order chi connectivity index (χ0) is 16.5. The van der Waals surface area contributed by atoms with Crippen LogP contribution in [0.1, 0.15) is 81.9 Å². The van der Waals surface area contributed by atoms with Gasteiger partial charge in [0.2, 0.25) is 0 Å². The first-order valence-electron chi connectivity index (χ1n) is 9.45. The first-order valence-corrected chi connectivity index (χ1v) is 11.8. The van der Waals surface area contributed by atoms with Gasteiger partial charge in [-0.2, -0.15) is 0 Å². The minimum atomic E-state index is -0.710. The molecule has 1 nitrogen and oxygen atoms in total. The lowest BCUT2D eigenvalue weighted by molar-refractivity contribution is 0.142. The van der Waals surface area contributed by atoms with Gasteiger partial charge in [0.05, 0.1) is 6.10 Å². The molecule has 1 saturated carbocycles. The largest absolute Gasteiger partial charge is 0.387 e. The molecule has 2 aliphatic rings. The zero-order valence-electron chi connectivity index (χ0n) is 15.2. The van der Waals surface area contributed by atoms with Crippen LogP contribution in [0.5, 0.6) is 0 Å². The summed E-state index contributed by atoms with van der Waals surface area (Å²) in [6.45, 7) is 4.60. The van der Waals surface area contributed by atoms with Gasteiger partial charge in [0, 0.05) is 4.75 Å². The third kappa shape index (κ3) is 3.35. The highest BCUT2D eigenvalue weighted by atomic mass is 32.3. The normalized spacial score (nSPS) is 25.2. The van der Waals surface area contributed by atoms with E-state index in [4.69, 9.17) is 0 Å². The van der Waals surface area contributed by atoms with Crippen LogP contribution in [-0.4, -0.2) is 27.6 Å². The smallest absolute Gasteiger partial charge is 0.0916 e. The molecule has 0 bridgehead atoms. The van der Waals surface area contributed by atoms with E-state index in [2.05, 4.69) is 44.4 Å². The lowest BCUT2D eigenvalue weighted by Gasteiger charge is -2.50. The van der Waals surface area contributed by atoms with Gasteiger partial charge in [0.15, 0.2) is 0 Å². The van der Waals surface area contributed by atoms with Gasteiger partial charge in [-0.05, 0) is 74.3 Å². The van der Waals surface area contributed by atoms with E-state index in [0.29, 0.717) is 0 Å². The van der Waals surface area contributed by atoms with Crippen LogP contribution in [0, 0.1) is 0 Å². The lowest BCUT2D eigenvalue weighted by Crippen LogP contribution is -2.36. The molecule has 1 unspecified atom stereocenters. The SMILES string of the molecule is CC(C)(C(O)c1ccc(C2CCCCC2)cc1)S1(C)CCCC1. The topological polar surface area (TPSA) is 20.2 Å². The summed E-state index contributed by atoms with van der Waals surface area (Å²) in [5.74, 6) is 3.41. The summed E-state index contributed by atoms with van der Waals surface area (Å²) in [6, 6.07) is 8.98. The van der Waals surface area contributed by atoms with Crippen molar-refractivity contribution in [3.05, 3.63) is 35.4 Å². The van der Waals surface area contributed by atoms with Crippen molar-refractivity contribution in [2.24, 2.45) is 0 Å². The predicted molar refractivity (Wildman–Crippen MR) is 104 cm³/mol. The summed E-state index contributed by atoms with van der Waals surface area (Å²) in [6.07, 6.45) is 11.7. The predicted octanol–water partition coefficient (Wildman–Crippen LogP) is 5.77. The van der Waals surface area contributed by atoms with E-state index in [1.165, 1.54) is 62.0 Å². The highest BCUT2D eigenvalue weighted by Crippen LogP contribution is 2.64. The van der Waals surface area contributed by atoms with Crippen LogP contribution < -0.4 is 0 Å². The molecule has 1 heterocycles. The van der Waals surface area contributed by atoms with Crippen molar-refractivity contribution in [2.45, 2.75) is 75.6 Å². The molecule has 1 aliphatic heterocycles. The summed E-state index contributed by atoms with van der Waals surface area (Å²) < 4.78 is 0.00978. The highest BCUT2D eigenvalue weighted by molar-refractivity contribution is 8.34. The maximum atomic E-state index is 11.1. The van der Waals surface area contributed by atoms with Gasteiger partial charge in [-0.25, -0.2) is 10.0 Å². The van der Waals surface area contributed by atoms with Gasteiger partial charge in [-0.1, -0.05) is 43.5 Å². The second-order valence-electron chi connectivity index (χ2n) is 8.40. The van der Waals surface area contributed by atoms with Gasteiger partial charge in [-0.3, -0.25) is 0 Å². The summed E-state index contributed by atoms with van der Waals surface area (Å²) >= 11 is 0. The molecule has 0 radical (unpaired) electrons. The highest BCUT2D eigenvalue weighted by Gasteiger charge is 2.43. The Morgan fingerprint density at radius 2 is 1.52 bits per heavy atom. The molecule has 23 heavy (non-hydrogen) atoms. The Kier molecular flexibility index (Phi) is 5.13. The Morgan fingerprint density at radius 1 is 0.957 bits per heavy atom. The third-order valence-electron chi connectivity index (χ3n) is 6.70. The summed E-state index contributed by atoms with van der Waals surface area (Å²) in [5, 5.41) is 11.1. The fraction of sp³-hybridized carbons (Fsp3) is 0.714. The van der Waals surface area contributed by atoms with E-state index in [1.807, 2.05) is 0 Å². The van der Waals surface area contributed by atoms with E-state index >= 15 is 0 Å². The molecule has 1 aromatic rings. The Labute approximate surface area is 144 Å². The molecule has 3 rings (SSSR count). The van der Waals surface area contributed by atoms with Crippen molar-refractivity contribution >= 4 is 10.0 Å². The number of benzene rings is 1. The Bertz CT molecular complexity index is 507. The van der Waals surface area contributed by atoms with E-state index in [9.17, 15) is 5.11 Å². The van der Waals surface area contributed by atoms with Crippen LogP contribution in [0.3, 0.4) is 0 Å². The average Bonchev–Trinajstić information content (AvgIpc) is 3.04. The molecule has 2 heteroatoms.